The van der Waals surface area contributed by atoms with E-state index >= 15 is 0 Å². The van der Waals surface area contributed by atoms with Gasteiger partial charge in [0.1, 0.15) is 0 Å². The zero-order valence-corrected chi connectivity index (χ0v) is 53.0. The molecule has 17 heteroatoms. The molecule has 0 rings (SSSR count). The topological polar surface area (TPSA) is 186 Å². The second kappa shape index (κ2) is 51.5. The van der Waals surface area contributed by atoms with Crippen LogP contribution in [0.25, 0.3) is 0 Å². The van der Waals surface area contributed by atoms with Crippen molar-refractivity contribution in [3.8, 4) is 0 Å². The molecule has 0 aromatic carbocycles. The fourth-order valence-corrected chi connectivity index (χ4v) is 36.5. The Balaban J connectivity index is -0.000000202. The van der Waals surface area contributed by atoms with Crippen LogP contribution in [0.4, 0.5) is 0 Å². The van der Waals surface area contributed by atoms with Gasteiger partial charge in [-0.25, -0.2) is 0 Å². The second-order valence-electron chi connectivity index (χ2n) is 14.7. The Bertz CT molecular complexity index is 735. The van der Waals surface area contributed by atoms with Gasteiger partial charge in [-0.15, -0.1) is 0 Å². The van der Waals surface area contributed by atoms with Gasteiger partial charge in [0.2, 0.25) is 0 Å². The van der Waals surface area contributed by atoms with E-state index in [0.29, 0.717) is 0 Å². The van der Waals surface area contributed by atoms with Gasteiger partial charge in [0.25, 0.3) is 0 Å². The molecule has 0 aliphatic heterocycles. The molecule has 4 N–H and O–H groups in total. The molecule has 0 fully saturated rings. The van der Waals surface area contributed by atoms with Gasteiger partial charge in [-0.3, -0.25) is 0 Å². The molecular weight excluding hydrogens is 1180 g/mol. The Kier molecular flexibility index (Phi) is 60.7. The van der Waals surface area contributed by atoms with Crippen LogP contribution in [0.15, 0.2) is 0 Å². The number of hydrogen-bond donors (Lipinski definition) is 4. The predicted molar refractivity (Wildman–Crippen MR) is 248 cm³/mol. The van der Waals surface area contributed by atoms with Crippen molar-refractivity contribution < 1.29 is 50.7 Å². The Morgan fingerprint density at radius 2 is 0.439 bits per heavy atom. The fourth-order valence-electron chi connectivity index (χ4n) is 5.44. The first kappa shape index (κ1) is 67.2. The van der Waals surface area contributed by atoms with Crippen LogP contribution in [-0.2, 0) is 31.5 Å². The maximum atomic E-state index is 10.8. The standard InChI is InChI=1S/8C4H9.4C2H4O2.H4O4Si.4Sn.4H/c8*1-3-4-2;4*1-2(3)4;1-5(2,3)4;;;;;;;;/h8*1,3-4H2,2H3;4*1H3,(H,3,4);1-4H;;;;;;;;/q;;;;;;;;;;;;;4*+1;;;;/p-4. The molecule has 0 amide bonds. The molecule has 0 bridgehead atoms. The van der Waals surface area contributed by atoms with E-state index in [1.807, 2.05) is 0 Å². The molecule has 0 aromatic heterocycles. The van der Waals surface area contributed by atoms with Gasteiger partial charge in [0.05, 0.1) is 0 Å². The molecule has 0 unspecified atom stereocenters. The third-order valence-electron chi connectivity index (χ3n) is 8.37. The molecule has 0 spiro atoms. The Morgan fingerprint density at radius 3 is 0.509 bits per heavy atom. The van der Waals surface area contributed by atoms with E-state index in [0.717, 1.165) is 0 Å². The minimum atomic E-state index is -4.61. The van der Waals surface area contributed by atoms with Crippen LogP contribution < -0.4 is 0 Å². The van der Waals surface area contributed by atoms with E-state index in [9.17, 15) is 19.2 Å². The van der Waals surface area contributed by atoms with Crippen LogP contribution in [0.2, 0.25) is 35.5 Å². The van der Waals surface area contributed by atoms with E-state index in [4.69, 9.17) is 31.5 Å². The van der Waals surface area contributed by atoms with Crippen molar-refractivity contribution in [2.24, 2.45) is 0 Å². The van der Waals surface area contributed by atoms with Crippen LogP contribution in [0, 0.1) is 0 Å². The largest absolute Gasteiger partial charge is 0.668 e. The summed E-state index contributed by atoms with van der Waals surface area (Å²) in [6.45, 7) is 23.7. The van der Waals surface area contributed by atoms with Crippen molar-refractivity contribution in [2.75, 3.05) is 0 Å². The summed E-state index contributed by atoms with van der Waals surface area (Å²) in [4.78, 5) is 72.5. The fraction of sp³-hybridized carbons (Fsp3) is 0.900. The Labute approximate surface area is 381 Å². The summed E-state index contributed by atoms with van der Waals surface area (Å²) in [5, 5.41) is 0. The van der Waals surface area contributed by atoms with Gasteiger partial charge in [0, 0.05) is 0 Å². The van der Waals surface area contributed by atoms with E-state index in [1.165, 1.54) is 138 Å². The molecule has 0 aliphatic rings. The Hall–Kier alpha value is 1.13. The number of carbonyl (C=O) groups excluding carboxylic acids is 4. The maximum Gasteiger partial charge on any atom is 0.668 e. The molecule has 0 saturated carbocycles. The molecule has 0 heterocycles. The summed E-state index contributed by atoms with van der Waals surface area (Å²) in [5.74, 6) is -0.193. The van der Waals surface area contributed by atoms with E-state index in [-0.39, 0.29) is 23.9 Å². The van der Waals surface area contributed by atoms with Gasteiger partial charge >= 0.3 is 366 Å². The van der Waals surface area contributed by atoms with Gasteiger partial charge < -0.3 is 19.2 Å². The molecule has 12 nitrogen and oxygen atoms in total. The third kappa shape index (κ3) is 71.9. The molecule has 0 atom stereocenters. The Morgan fingerprint density at radius 1 is 0.333 bits per heavy atom. The summed E-state index contributed by atoms with van der Waals surface area (Å²) in [7, 11) is -4.61. The summed E-state index contributed by atoms with van der Waals surface area (Å²) < 4.78 is 31.6. The number of carbonyl (C=O) groups is 4. The van der Waals surface area contributed by atoms with Crippen molar-refractivity contribution in [1.29, 1.82) is 0 Å². The van der Waals surface area contributed by atoms with Crippen molar-refractivity contribution in [2.45, 2.75) is 221 Å². The summed E-state index contributed by atoms with van der Waals surface area (Å²) in [6, 6.07) is 0. The van der Waals surface area contributed by atoms with Gasteiger partial charge in [0.15, 0.2) is 0 Å². The van der Waals surface area contributed by atoms with E-state index < -0.39 is 89.7 Å². The minimum Gasteiger partial charge on any atom is -0.368 e. The summed E-state index contributed by atoms with van der Waals surface area (Å²) >= 11 is -7.45. The number of hydrogen-bond acceptors (Lipinski definition) is 12. The third-order valence-corrected chi connectivity index (χ3v) is 40.0. The molecule has 0 aromatic rings. The van der Waals surface area contributed by atoms with Crippen molar-refractivity contribution in [3.05, 3.63) is 0 Å². The van der Waals surface area contributed by atoms with Gasteiger partial charge in [-0.1, -0.05) is 0 Å². The summed E-state index contributed by atoms with van der Waals surface area (Å²) in [6.07, 6.45) is 19.8. The molecule has 0 saturated heterocycles. The van der Waals surface area contributed by atoms with Crippen molar-refractivity contribution in [3.63, 3.8) is 0 Å². The normalized spacial score (nSPS) is 10.6. The monoisotopic (exact) mass is 1270 g/mol. The van der Waals surface area contributed by atoms with Crippen LogP contribution in [0.1, 0.15) is 186 Å². The predicted octanol–water partition coefficient (Wildman–Crippen LogP) is 8.89. The number of unbranched alkanes of at least 4 members (excludes halogenated alkanes) is 8. The average Bonchev–Trinajstić information content (AvgIpc) is 3.12. The first-order valence-electron chi connectivity index (χ1n) is 22.4. The molecule has 0 radical (unpaired) electrons. The first-order valence-corrected chi connectivity index (χ1v) is 48.2. The molecule has 57 heavy (non-hydrogen) atoms. The smallest absolute Gasteiger partial charge is 0.368 e. The van der Waals surface area contributed by atoms with Gasteiger partial charge in [-0.2, -0.15) is 0 Å². The van der Waals surface area contributed by atoms with Crippen LogP contribution in [-0.4, -0.2) is 133 Å². The van der Waals surface area contributed by atoms with Crippen molar-refractivity contribution in [1.82, 2.24) is 0 Å². The van der Waals surface area contributed by atoms with Crippen molar-refractivity contribution >= 4 is 114 Å². The second-order valence-corrected chi connectivity index (χ2v) is 45.9. The SMILES string of the molecule is CCC[CH2][SnH]([CH2]CCC)[O]C(C)=O.CCC[CH2][SnH]([CH2]CCC)[O]C(C)=O.CCC[CH2][SnH]([CH2]CCC)[O]C(C)=O.CCC[CH2][SnH]([CH2]CCC)[O]C(C)=O.O[Si](O)(O)O. The quantitative estimate of drug-likeness (QED) is 0.0432. The number of rotatable bonds is 28. The average molecular weight is 1270 g/mol. The zero-order valence-electron chi connectivity index (χ0n) is 38.8. The minimum absolute atomic E-state index is 0.0481. The first-order chi connectivity index (χ1) is 26.8. The zero-order chi connectivity index (χ0) is 44.9. The van der Waals surface area contributed by atoms with Crippen LogP contribution in [0.5, 0.6) is 0 Å². The van der Waals surface area contributed by atoms with Crippen LogP contribution in [0.3, 0.4) is 0 Å². The van der Waals surface area contributed by atoms with E-state index in [1.54, 1.807) is 27.7 Å². The molecule has 344 valence electrons. The van der Waals surface area contributed by atoms with Gasteiger partial charge in [-0.05, 0) is 0 Å². The molecular formula is C40H92O12SiSn4. The summed E-state index contributed by atoms with van der Waals surface area (Å²) in [5.41, 5.74) is 0. The molecule has 0 aliphatic carbocycles. The van der Waals surface area contributed by atoms with E-state index in [2.05, 4.69) is 55.4 Å². The van der Waals surface area contributed by atoms with Crippen LogP contribution >= 0.6 is 0 Å². The maximum absolute atomic E-state index is 10.8.